The summed E-state index contributed by atoms with van der Waals surface area (Å²) in [5.74, 6) is 0.652. The zero-order chi connectivity index (χ0) is 14.7. The van der Waals surface area contributed by atoms with E-state index in [9.17, 15) is 4.79 Å². The summed E-state index contributed by atoms with van der Waals surface area (Å²) in [5, 5.41) is 1.01. The van der Waals surface area contributed by atoms with E-state index in [0.717, 1.165) is 13.0 Å². The van der Waals surface area contributed by atoms with Crippen LogP contribution in [0.4, 0.5) is 0 Å². The van der Waals surface area contributed by atoms with Gasteiger partial charge in [0.15, 0.2) is 6.61 Å². The van der Waals surface area contributed by atoms with Gasteiger partial charge in [-0.15, -0.1) is 12.4 Å². The smallest absolute Gasteiger partial charge is 0.260 e. The van der Waals surface area contributed by atoms with Gasteiger partial charge in [0.1, 0.15) is 5.75 Å². The molecule has 0 radical (unpaired) electrons. The Balaban J connectivity index is 0.00000220. The van der Waals surface area contributed by atoms with Crippen LogP contribution in [-0.4, -0.2) is 37.0 Å². The van der Waals surface area contributed by atoms with Gasteiger partial charge in [-0.3, -0.25) is 4.79 Å². The number of ether oxygens (including phenoxy) is 1. The predicted octanol–water partition coefficient (Wildman–Crippen LogP) is 3.25. The molecule has 1 aliphatic rings. The molecule has 21 heavy (non-hydrogen) atoms. The molecular weight excluding hydrogens is 358 g/mol. The molecule has 1 aliphatic heterocycles. The van der Waals surface area contributed by atoms with Crippen molar-refractivity contribution < 1.29 is 9.53 Å². The molecular formula is C13H16Cl4N2O2. The SMILES string of the molecule is Cl.NCC1CCN(C(=O)COc2cc(Cl)c(Cl)cc2Cl)C1. The molecule has 1 aromatic carbocycles. The van der Waals surface area contributed by atoms with Crippen molar-refractivity contribution in [2.75, 3.05) is 26.2 Å². The van der Waals surface area contributed by atoms with Crippen LogP contribution in [0.2, 0.25) is 15.1 Å². The van der Waals surface area contributed by atoms with Gasteiger partial charge < -0.3 is 15.4 Å². The van der Waals surface area contributed by atoms with Crippen LogP contribution in [0.15, 0.2) is 12.1 Å². The van der Waals surface area contributed by atoms with Crippen molar-refractivity contribution in [3.05, 3.63) is 27.2 Å². The summed E-state index contributed by atoms with van der Waals surface area (Å²) in [7, 11) is 0. The maximum atomic E-state index is 12.0. The second-order valence-electron chi connectivity index (χ2n) is 4.72. The molecule has 1 unspecified atom stereocenters. The van der Waals surface area contributed by atoms with E-state index >= 15 is 0 Å². The fraction of sp³-hybridized carbons (Fsp3) is 0.462. The van der Waals surface area contributed by atoms with Crippen LogP contribution in [0, 0.1) is 5.92 Å². The fourth-order valence-electron chi connectivity index (χ4n) is 2.10. The normalized spacial score (nSPS) is 17.5. The number of nitrogens with two attached hydrogens (primary N) is 1. The van der Waals surface area contributed by atoms with Crippen LogP contribution in [0.3, 0.4) is 0 Å². The Labute approximate surface area is 144 Å². The van der Waals surface area contributed by atoms with Gasteiger partial charge in [-0.2, -0.15) is 0 Å². The van der Waals surface area contributed by atoms with E-state index in [1.165, 1.54) is 12.1 Å². The summed E-state index contributed by atoms with van der Waals surface area (Å²) in [5.41, 5.74) is 5.60. The Morgan fingerprint density at radius 3 is 2.57 bits per heavy atom. The summed E-state index contributed by atoms with van der Waals surface area (Å²) in [4.78, 5) is 13.8. The molecule has 1 amide bonds. The van der Waals surface area contributed by atoms with Crippen LogP contribution in [-0.2, 0) is 4.79 Å². The highest BCUT2D eigenvalue weighted by Crippen LogP contribution is 2.33. The first-order valence-electron chi connectivity index (χ1n) is 6.26. The van der Waals surface area contributed by atoms with Crippen molar-refractivity contribution in [1.29, 1.82) is 0 Å². The second kappa shape index (κ2) is 8.30. The van der Waals surface area contributed by atoms with E-state index in [4.69, 9.17) is 45.3 Å². The third kappa shape index (κ3) is 4.80. The standard InChI is InChI=1S/C13H15Cl3N2O2.ClH/c14-9-3-11(16)12(4-10(9)15)20-7-13(19)18-2-1-8(5-17)6-18;/h3-4,8H,1-2,5-7,17H2;1H. The number of nitrogens with zero attached hydrogens (tertiary/aromatic N) is 1. The van der Waals surface area contributed by atoms with Crippen molar-refractivity contribution in [1.82, 2.24) is 4.90 Å². The van der Waals surface area contributed by atoms with Crippen LogP contribution in [0.25, 0.3) is 0 Å². The zero-order valence-electron chi connectivity index (χ0n) is 11.2. The molecule has 1 saturated heterocycles. The first-order valence-corrected chi connectivity index (χ1v) is 7.40. The zero-order valence-corrected chi connectivity index (χ0v) is 14.2. The number of amides is 1. The van der Waals surface area contributed by atoms with E-state index in [1.54, 1.807) is 4.90 Å². The van der Waals surface area contributed by atoms with Crippen molar-refractivity contribution >= 4 is 53.1 Å². The van der Waals surface area contributed by atoms with Crippen molar-refractivity contribution in [3.63, 3.8) is 0 Å². The van der Waals surface area contributed by atoms with Gasteiger partial charge in [0.25, 0.3) is 5.91 Å². The highest BCUT2D eigenvalue weighted by Gasteiger charge is 2.25. The second-order valence-corrected chi connectivity index (χ2v) is 5.94. The third-order valence-corrected chi connectivity index (χ3v) is 4.32. The fourth-order valence-corrected chi connectivity index (χ4v) is 2.69. The van der Waals surface area contributed by atoms with Gasteiger partial charge in [0, 0.05) is 19.2 Å². The lowest BCUT2D eigenvalue weighted by molar-refractivity contribution is -0.132. The van der Waals surface area contributed by atoms with E-state index < -0.39 is 0 Å². The number of hydrogen-bond acceptors (Lipinski definition) is 3. The maximum Gasteiger partial charge on any atom is 0.260 e. The summed E-state index contributed by atoms with van der Waals surface area (Å²) >= 11 is 17.7. The minimum Gasteiger partial charge on any atom is -0.482 e. The topological polar surface area (TPSA) is 55.6 Å². The Morgan fingerprint density at radius 1 is 1.29 bits per heavy atom. The van der Waals surface area contributed by atoms with Crippen LogP contribution >= 0.6 is 47.2 Å². The third-order valence-electron chi connectivity index (χ3n) is 3.30. The van der Waals surface area contributed by atoms with E-state index in [0.29, 0.717) is 39.8 Å². The lowest BCUT2D eigenvalue weighted by atomic mass is 10.1. The molecule has 0 bridgehead atoms. The van der Waals surface area contributed by atoms with Gasteiger partial charge in [0.05, 0.1) is 15.1 Å². The predicted molar refractivity (Wildman–Crippen MR) is 88.0 cm³/mol. The van der Waals surface area contributed by atoms with E-state index in [-0.39, 0.29) is 24.9 Å². The molecule has 0 aliphatic carbocycles. The van der Waals surface area contributed by atoms with Gasteiger partial charge in [0.2, 0.25) is 0 Å². The lowest BCUT2D eigenvalue weighted by Gasteiger charge is -2.17. The molecule has 0 spiro atoms. The summed E-state index contributed by atoms with van der Waals surface area (Å²) < 4.78 is 5.42. The number of rotatable bonds is 4. The van der Waals surface area contributed by atoms with E-state index in [2.05, 4.69) is 0 Å². The minimum absolute atomic E-state index is 0. The van der Waals surface area contributed by atoms with Gasteiger partial charge in [-0.25, -0.2) is 0 Å². The monoisotopic (exact) mass is 372 g/mol. The number of carbonyl (C=O) groups is 1. The van der Waals surface area contributed by atoms with Crippen LogP contribution in [0.1, 0.15) is 6.42 Å². The molecule has 0 aromatic heterocycles. The molecule has 1 atom stereocenters. The number of halogens is 4. The molecule has 2 rings (SSSR count). The summed E-state index contributed by atoms with van der Waals surface area (Å²) in [6.07, 6.45) is 0.940. The Morgan fingerprint density at radius 2 is 1.95 bits per heavy atom. The number of carbonyl (C=O) groups excluding carboxylic acids is 1. The maximum absolute atomic E-state index is 12.0. The molecule has 118 valence electrons. The number of benzene rings is 1. The highest BCUT2D eigenvalue weighted by molar-refractivity contribution is 6.43. The summed E-state index contributed by atoms with van der Waals surface area (Å²) in [6.45, 7) is 1.94. The van der Waals surface area contributed by atoms with E-state index in [1.807, 2.05) is 0 Å². The van der Waals surface area contributed by atoms with Crippen molar-refractivity contribution in [2.45, 2.75) is 6.42 Å². The summed E-state index contributed by atoms with van der Waals surface area (Å²) in [6, 6.07) is 3.00. The molecule has 1 heterocycles. The molecule has 1 aromatic rings. The molecule has 8 heteroatoms. The number of likely N-dealkylation sites (tertiary alicyclic amines) is 1. The molecule has 4 nitrogen and oxygen atoms in total. The van der Waals surface area contributed by atoms with Gasteiger partial charge in [-0.05, 0) is 24.9 Å². The largest absolute Gasteiger partial charge is 0.482 e. The Kier molecular flexibility index (Phi) is 7.37. The quantitative estimate of drug-likeness (QED) is 0.824. The van der Waals surface area contributed by atoms with Crippen LogP contribution < -0.4 is 10.5 Å². The average molecular weight is 374 g/mol. The highest BCUT2D eigenvalue weighted by atomic mass is 35.5. The minimum atomic E-state index is -0.0805. The Bertz CT molecular complexity index is 513. The van der Waals surface area contributed by atoms with Crippen molar-refractivity contribution in [3.8, 4) is 5.75 Å². The first-order chi connectivity index (χ1) is 9.51. The van der Waals surface area contributed by atoms with Gasteiger partial charge in [-0.1, -0.05) is 34.8 Å². The molecule has 2 N–H and O–H groups in total. The van der Waals surface area contributed by atoms with Crippen molar-refractivity contribution in [2.24, 2.45) is 11.7 Å². The lowest BCUT2D eigenvalue weighted by Crippen LogP contribution is -2.33. The van der Waals surface area contributed by atoms with Gasteiger partial charge >= 0.3 is 0 Å². The molecule has 0 saturated carbocycles. The molecule has 1 fully saturated rings. The first kappa shape index (κ1) is 18.7. The van der Waals surface area contributed by atoms with Crippen LogP contribution in [0.5, 0.6) is 5.75 Å². The average Bonchev–Trinajstić information content (AvgIpc) is 2.90. The Hall–Kier alpha value is -0.390. The number of hydrogen-bond donors (Lipinski definition) is 1.